The molecule has 3 rings (SSSR count). The molecule has 0 aliphatic rings. The topological polar surface area (TPSA) is 36.4 Å². The molecule has 132 valence electrons. The second-order valence-corrected chi connectivity index (χ2v) is 8.98. The molecule has 0 saturated carbocycles. The molecular formula is C18H20ClN3OS2. The van der Waals surface area contributed by atoms with E-state index in [1.165, 1.54) is 22.5 Å². The molecule has 1 aromatic carbocycles. The fraction of sp³-hybridized carbons (Fsp3) is 0.333. The number of halogens is 1. The number of nitrogens with zero attached hydrogens (tertiary/aromatic N) is 3. The van der Waals surface area contributed by atoms with E-state index >= 15 is 0 Å². The summed E-state index contributed by atoms with van der Waals surface area (Å²) in [5.74, 6) is -0.0489. The molecule has 0 N–H and O–H groups in total. The molecule has 0 bridgehead atoms. The summed E-state index contributed by atoms with van der Waals surface area (Å²) in [4.78, 5) is 22.2. The number of aromatic nitrogens is 1. The average Bonchev–Trinajstić information content (AvgIpc) is 3.13. The number of likely N-dealkylation sites (N-methyl/N-ethyl adjacent to an activating group) is 1. The number of carbonyl (C=O) groups excluding carboxylic acids is 1. The maximum atomic E-state index is 13.0. The molecule has 0 atom stereocenters. The first kappa shape index (κ1) is 18.3. The number of fused-ring (bicyclic) bond motifs is 1. The third-order valence-electron chi connectivity index (χ3n) is 3.84. The van der Waals surface area contributed by atoms with Crippen LogP contribution < -0.4 is 4.90 Å². The molecule has 2 aromatic heterocycles. The van der Waals surface area contributed by atoms with E-state index in [9.17, 15) is 4.79 Å². The number of thiazole rings is 1. The van der Waals surface area contributed by atoms with Crippen molar-refractivity contribution in [1.82, 2.24) is 9.88 Å². The van der Waals surface area contributed by atoms with Crippen molar-refractivity contribution in [2.24, 2.45) is 0 Å². The fourth-order valence-corrected chi connectivity index (χ4v) is 4.66. The minimum Gasteiger partial charge on any atom is -0.308 e. The Hall–Kier alpha value is -1.47. The van der Waals surface area contributed by atoms with E-state index in [2.05, 4.69) is 30.9 Å². The second kappa shape index (κ2) is 7.41. The minimum absolute atomic E-state index is 0.0489. The maximum absolute atomic E-state index is 13.0. The molecule has 0 aliphatic carbocycles. The first-order chi connectivity index (χ1) is 11.8. The number of hydrogen-bond acceptors (Lipinski definition) is 5. The van der Waals surface area contributed by atoms with Gasteiger partial charge in [0.1, 0.15) is 0 Å². The number of anilines is 1. The van der Waals surface area contributed by atoms with E-state index in [4.69, 9.17) is 16.6 Å². The summed E-state index contributed by atoms with van der Waals surface area (Å²) in [7, 11) is 3.99. The Morgan fingerprint density at radius 1 is 1.16 bits per heavy atom. The van der Waals surface area contributed by atoms with Crippen molar-refractivity contribution in [2.75, 3.05) is 32.1 Å². The van der Waals surface area contributed by atoms with Crippen LogP contribution in [0.5, 0.6) is 0 Å². The fourth-order valence-electron chi connectivity index (χ4n) is 2.63. The van der Waals surface area contributed by atoms with Gasteiger partial charge in [-0.15, -0.1) is 11.3 Å². The lowest BCUT2D eigenvalue weighted by atomic mass is 10.1. The van der Waals surface area contributed by atoms with Gasteiger partial charge in [0.05, 0.1) is 19.4 Å². The predicted octanol–water partition coefficient (Wildman–Crippen LogP) is 4.84. The van der Waals surface area contributed by atoms with Gasteiger partial charge in [-0.2, -0.15) is 0 Å². The van der Waals surface area contributed by atoms with E-state index in [1.54, 1.807) is 28.4 Å². The Bertz CT molecular complexity index is 916. The summed E-state index contributed by atoms with van der Waals surface area (Å²) in [5.41, 5.74) is 3.32. The Labute approximate surface area is 160 Å². The van der Waals surface area contributed by atoms with Gasteiger partial charge in [-0.05, 0) is 57.3 Å². The van der Waals surface area contributed by atoms with Gasteiger partial charge in [0.2, 0.25) is 0 Å². The van der Waals surface area contributed by atoms with Crippen molar-refractivity contribution in [3.63, 3.8) is 0 Å². The van der Waals surface area contributed by atoms with Crippen LogP contribution in [0.1, 0.15) is 20.8 Å². The molecule has 0 saturated heterocycles. The summed E-state index contributed by atoms with van der Waals surface area (Å²) in [6.45, 7) is 5.49. The van der Waals surface area contributed by atoms with E-state index in [1.807, 2.05) is 14.1 Å². The van der Waals surface area contributed by atoms with Gasteiger partial charge in [0.15, 0.2) is 5.13 Å². The van der Waals surface area contributed by atoms with Crippen LogP contribution in [0.4, 0.5) is 5.13 Å². The highest BCUT2D eigenvalue weighted by atomic mass is 35.5. The van der Waals surface area contributed by atoms with Crippen LogP contribution in [0.3, 0.4) is 0 Å². The zero-order valence-electron chi connectivity index (χ0n) is 14.7. The first-order valence-corrected chi connectivity index (χ1v) is 9.96. The van der Waals surface area contributed by atoms with Gasteiger partial charge in [-0.1, -0.05) is 29.0 Å². The number of hydrogen-bond donors (Lipinski definition) is 0. The summed E-state index contributed by atoms with van der Waals surface area (Å²) >= 11 is 8.88. The summed E-state index contributed by atoms with van der Waals surface area (Å²) in [6, 6.07) is 7.75. The smallest absolute Gasteiger partial charge is 0.270 e. The number of amides is 1. The van der Waals surface area contributed by atoms with Crippen molar-refractivity contribution < 1.29 is 4.79 Å². The van der Waals surface area contributed by atoms with Gasteiger partial charge < -0.3 is 4.90 Å². The quantitative estimate of drug-likeness (QED) is 0.622. The van der Waals surface area contributed by atoms with Crippen LogP contribution in [-0.2, 0) is 0 Å². The van der Waals surface area contributed by atoms with E-state index < -0.39 is 0 Å². The van der Waals surface area contributed by atoms with Gasteiger partial charge in [0, 0.05) is 13.1 Å². The SMILES string of the molecule is Cc1cc(C)c2sc(N(CCN(C)C)C(=O)c3ccc(Cl)s3)nc2c1. The summed E-state index contributed by atoms with van der Waals surface area (Å²) in [6.07, 6.45) is 0. The van der Waals surface area contributed by atoms with Crippen LogP contribution in [0.2, 0.25) is 4.34 Å². The van der Waals surface area contributed by atoms with Crippen molar-refractivity contribution >= 4 is 55.5 Å². The molecule has 7 heteroatoms. The Morgan fingerprint density at radius 3 is 2.56 bits per heavy atom. The molecular weight excluding hydrogens is 374 g/mol. The molecule has 0 unspecified atom stereocenters. The number of carbonyl (C=O) groups is 1. The highest BCUT2D eigenvalue weighted by Gasteiger charge is 2.23. The van der Waals surface area contributed by atoms with Crippen LogP contribution in [0.15, 0.2) is 24.3 Å². The number of rotatable bonds is 5. The molecule has 0 fully saturated rings. The molecule has 0 radical (unpaired) electrons. The lowest BCUT2D eigenvalue weighted by Crippen LogP contribution is -2.36. The molecule has 0 aliphatic heterocycles. The predicted molar refractivity (Wildman–Crippen MR) is 109 cm³/mol. The standard InChI is InChI=1S/C18H20ClN3OS2/c1-11-9-12(2)16-13(10-11)20-18(25-16)22(8-7-21(3)4)17(23)14-5-6-15(19)24-14/h5-6,9-10H,7-8H2,1-4H3. The number of aryl methyl sites for hydroxylation is 2. The van der Waals surface area contributed by atoms with E-state index in [0.717, 1.165) is 21.9 Å². The maximum Gasteiger partial charge on any atom is 0.270 e. The lowest BCUT2D eigenvalue weighted by molar-refractivity contribution is 0.0989. The van der Waals surface area contributed by atoms with Gasteiger partial charge in [-0.25, -0.2) is 4.98 Å². The third-order valence-corrected chi connectivity index (χ3v) is 6.29. The van der Waals surface area contributed by atoms with Gasteiger partial charge in [0.25, 0.3) is 5.91 Å². The van der Waals surface area contributed by atoms with Crippen molar-refractivity contribution in [1.29, 1.82) is 0 Å². The lowest BCUT2D eigenvalue weighted by Gasteiger charge is -2.21. The molecule has 4 nitrogen and oxygen atoms in total. The first-order valence-electron chi connectivity index (χ1n) is 7.95. The Kier molecular flexibility index (Phi) is 5.43. The van der Waals surface area contributed by atoms with E-state index in [0.29, 0.717) is 15.8 Å². The minimum atomic E-state index is -0.0489. The van der Waals surface area contributed by atoms with Crippen molar-refractivity contribution in [3.05, 3.63) is 44.6 Å². The van der Waals surface area contributed by atoms with Crippen LogP contribution in [0.25, 0.3) is 10.2 Å². The molecule has 2 heterocycles. The Balaban J connectivity index is 2.01. The summed E-state index contributed by atoms with van der Waals surface area (Å²) in [5, 5.41) is 0.736. The number of thiophene rings is 1. The zero-order valence-corrected chi connectivity index (χ0v) is 17.1. The molecule has 1 amide bonds. The van der Waals surface area contributed by atoms with Crippen LogP contribution in [-0.4, -0.2) is 43.0 Å². The Morgan fingerprint density at radius 2 is 1.92 bits per heavy atom. The van der Waals surface area contributed by atoms with Crippen LogP contribution >= 0.6 is 34.3 Å². The van der Waals surface area contributed by atoms with Crippen molar-refractivity contribution in [2.45, 2.75) is 13.8 Å². The van der Waals surface area contributed by atoms with Crippen LogP contribution in [0, 0.1) is 13.8 Å². The largest absolute Gasteiger partial charge is 0.308 e. The van der Waals surface area contributed by atoms with Crippen molar-refractivity contribution in [3.8, 4) is 0 Å². The highest BCUT2D eigenvalue weighted by molar-refractivity contribution is 7.22. The highest BCUT2D eigenvalue weighted by Crippen LogP contribution is 2.33. The van der Waals surface area contributed by atoms with Gasteiger partial charge >= 0.3 is 0 Å². The second-order valence-electron chi connectivity index (χ2n) is 6.29. The normalized spacial score (nSPS) is 11.4. The third kappa shape index (κ3) is 4.03. The molecule has 25 heavy (non-hydrogen) atoms. The monoisotopic (exact) mass is 393 g/mol. The molecule has 0 spiro atoms. The van der Waals surface area contributed by atoms with Gasteiger partial charge in [-0.3, -0.25) is 9.69 Å². The van der Waals surface area contributed by atoms with E-state index in [-0.39, 0.29) is 5.91 Å². The molecule has 3 aromatic rings. The average molecular weight is 394 g/mol. The number of benzene rings is 1. The zero-order chi connectivity index (χ0) is 18.1. The summed E-state index contributed by atoms with van der Waals surface area (Å²) < 4.78 is 1.75.